The smallest absolute Gasteiger partial charge is 0.248 e. The molecule has 0 spiro atoms. The van der Waals surface area contributed by atoms with Gasteiger partial charge in [-0.15, -0.1) is 0 Å². The average molecular weight is 936 g/mol. The summed E-state index contributed by atoms with van der Waals surface area (Å²) in [7, 11) is 0. The van der Waals surface area contributed by atoms with Crippen LogP contribution < -0.4 is 36.9 Å². The van der Waals surface area contributed by atoms with E-state index in [4.69, 9.17) is 11.5 Å². The van der Waals surface area contributed by atoms with Gasteiger partial charge in [0.25, 0.3) is 0 Å². The number of hydrogen-bond donors (Lipinski definition) is 15. The molecular weight excluding hydrogens is 884 g/mol. The molecule has 28 nitrogen and oxygen atoms in total. The van der Waals surface area contributed by atoms with Crippen LogP contribution in [0.2, 0.25) is 0 Å². The summed E-state index contributed by atoms with van der Waals surface area (Å²) < 4.78 is 26.9. The van der Waals surface area contributed by atoms with Crippen LogP contribution in [0.25, 0.3) is 0 Å². The number of phenols is 1. The quantitative estimate of drug-likeness (QED) is 0.102. The number of nitrogens with one attached hydrogen (secondary N) is 4. The third kappa shape index (κ3) is 12.3. The minimum Gasteiger partial charge on any atom is -2.00 e. The number of nitrogens with zero attached hydrogens (tertiary/aromatic N) is 2. The van der Waals surface area contributed by atoms with Crippen LogP contribution in [-0.4, -0.2) is 198 Å². The molecule has 3 aliphatic rings. The Morgan fingerprint density at radius 3 is 2.06 bits per heavy atom. The number of carbonyl (C=O) groups is 7. The zero-order valence-corrected chi connectivity index (χ0v) is 34.7. The Labute approximate surface area is 365 Å². The summed E-state index contributed by atoms with van der Waals surface area (Å²) in [6, 6.07) is -9.73. The molecule has 64 heavy (non-hydrogen) atoms. The van der Waals surface area contributed by atoms with Crippen molar-refractivity contribution in [1.82, 2.24) is 31.1 Å². The molecule has 3 heterocycles. The molecule has 0 aliphatic carbocycles. The summed E-state index contributed by atoms with van der Waals surface area (Å²) in [5.41, 5.74) is 10.7. The SMILES string of the molecule is CC(O)C1NC(=O)C(N)CC(O)C(O)NC(=O)C2C(O)C(C)CN2C(=O)C(C(O)CC(N)=O)NC(=O)C(C(O)C(O)c2ccc(O)c(OS(=O)[O-])c2)NC(=O)C2CC(O)CN2C1=O.[O-2]. The number of benzene rings is 1. The summed E-state index contributed by atoms with van der Waals surface area (Å²) in [6.07, 6.45) is -18.8. The summed E-state index contributed by atoms with van der Waals surface area (Å²) in [5, 5.41) is 106. The number of aliphatic hydroxyl groups is 8. The number of carbonyl (C=O) groups excluding carboxylic acids is 7. The largest absolute Gasteiger partial charge is 2.00 e. The Bertz CT molecular complexity index is 1930. The summed E-state index contributed by atoms with van der Waals surface area (Å²) >= 11 is -3.27. The van der Waals surface area contributed by atoms with Gasteiger partial charge in [-0.1, -0.05) is 13.0 Å². The van der Waals surface area contributed by atoms with Crippen molar-refractivity contribution in [3.63, 3.8) is 0 Å². The minimum atomic E-state index is -3.27. The van der Waals surface area contributed by atoms with Crippen molar-refractivity contribution in [2.75, 3.05) is 13.1 Å². The number of primary amides is 1. The number of rotatable bonds is 9. The van der Waals surface area contributed by atoms with Gasteiger partial charge < -0.3 is 103 Å². The van der Waals surface area contributed by atoms with E-state index in [9.17, 15) is 88.3 Å². The van der Waals surface area contributed by atoms with E-state index in [-0.39, 0.29) is 5.48 Å². The van der Waals surface area contributed by atoms with Gasteiger partial charge >= 0.3 is 0 Å². The van der Waals surface area contributed by atoms with Gasteiger partial charge in [0.1, 0.15) is 59.9 Å². The molecule has 29 heteroatoms. The normalized spacial score (nSPS) is 32.5. The van der Waals surface area contributed by atoms with Crippen molar-refractivity contribution in [2.45, 2.75) is 118 Å². The van der Waals surface area contributed by atoms with Gasteiger partial charge in [0, 0.05) is 31.8 Å². The van der Waals surface area contributed by atoms with Crippen LogP contribution >= 0.6 is 0 Å². The fraction of sp³-hybridized carbons (Fsp3) is 0.629. The van der Waals surface area contributed by atoms with Gasteiger partial charge in [0.15, 0.2) is 17.7 Å². The standard InChI is InChI=1S/C35H52N8O19S.O/c1-11-9-43-25(26(11)50)33(57)41-31(55)19(48)7-15(36)29(53)38-22(12(2)44)34(58)42-10-14(45)6-16(42)30(54)40-24(32(56)39-23(35(43)59)18(47)8-21(37)49)28(52)27(51)13-3-4-17(46)20(5-13)62-63(60)61;/h3-5,11-12,14-16,18-19,22-28,31,44-48,50-52,55H,6-10,36H2,1-2H3,(H2,37,49)(H,38,53)(H,39,56)(H,40,54)(H,41,57)(H,60,61);/q;-2/p-1. The lowest BCUT2D eigenvalue weighted by molar-refractivity contribution is -0.149. The van der Waals surface area contributed by atoms with Gasteiger partial charge in [-0.05, 0) is 24.6 Å². The molecule has 17 N–H and O–H groups in total. The van der Waals surface area contributed by atoms with Crippen molar-refractivity contribution in [2.24, 2.45) is 17.4 Å². The maximum absolute atomic E-state index is 14.3. The van der Waals surface area contributed by atoms with Crippen molar-refractivity contribution in [3.8, 4) is 11.5 Å². The molecular formula is C35H51N8O20S-3. The monoisotopic (exact) mass is 935 g/mol. The molecule has 3 fully saturated rings. The van der Waals surface area contributed by atoms with Gasteiger partial charge in [-0.3, -0.25) is 33.6 Å². The Balaban J connectivity index is 0.0000109. The number of amides is 7. The Hall–Kier alpha value is -5.18. The Morgan fingerprint density at radius 1 is 0.875 bits per heavy atom. The highest BCUT2D eigenvalue weighted by molar-refractivity contribution is 7.74. The maximum Gasteiger partial charge on any atom is 0.248 e. The van der Waals surface area contributed by atoms with Gasteiger partial charge in [-0.2, -0.15) is 0 Å². The van der Waals surface area contributed by atoms with Crippen LogP contribution in [0.1, 0.15) is 44.8 Å². The Kier molecular flexibility index (Phi) is 18.4. The number of phenolic OH excluding ortho intramolecular Hbond substituents is 1. The first kappa shape index (κ1) is 53.2. The molecule has 16 atom stereocenters. The lowest BCUT2D eigenvalue weighted by Crippen LogP contribution is -2.64. The highest BCUT2D eigenvalue weighted by Crippen LogP contribution is 2.32. The molecule has 0 saturated carbocycles. The molecule has 1 aromatic rings. The lowest BCUT2D eigenvalue weighted by Gasteiger charge is -2.34. The first-order valence-corrected chi connectivity index (χ1v) is 20.3. The third-order valence-corrected chi connectivity index (χ3v) is 11.1. The molecule has 16 unspecified atom stereocenters. The van der Waals surface area contributed by atoms with Crippen molar-refractivity contribution in [1.29, 1.82) is 0 Å². The van der Waals surface area contributed by atoms with Crippen molar-refractivity contribution >= 4 is 52.7 Å². The lowest BCUT2D eigenvalue weighted by atomic mass is 9.96. The second-order valence-corrected chi connectivity index (χ2v) is 16.1. The predicted molar refractivity (Wildman–Crippen MR) is 206 cm³/mol. The fourth-order valence-corrected chi connectivity index (χ4v) is 7.65. The van der Waals surface area contributed by atoms with E-state index in [1.165, 1.54) is 6.92 Å². The summed E-state index contributed by atoms with van der Waals surface area (Å²) in [6.45, 7) is 1.33. The first-order chi connectivity index (χ1) is 29.3. The average Bonchev–Trinajstić information content (AvgIpc) is 3.74. The van der Waals surface area contributed by atoms with E-state index in [1.807, 2.05) is 10.6 Å². The van der Waals surface area contributed by atoms with Crippen LogP contribution in [-0.2, 0) is 50.4 Å². The highest BCUT2D eigenvalue weighted by Gasteiger charge is 2.50. The molecule has 0 bridgehead atoms. The number of aromatic hydroxyl groups is 1. The van der Waals surface area contributed by atoms with Crippen LogP contribution in [0.4, 0.5) is 0 Å². The summed E-state index contributed by atoms with van der Waals surface area (Å²) in [5.74, 6) is -11.8. The van der Waals surface area contributed by atoms with Crippen LogP contribution in [0, 0.1) is 5.92 Å². The minimum absolute atomic E-state index is 0. The molecule has 4 rings (SSSR count). The molecule has 0 radical (unpaired) electrons. The number of aliphatic hydroxyl groups excluding tert-OH is 8. The van der Waals surface area contributed by atoms with Crippen LogP contribution in [0.5, 0.6) is 11.5 Å². The molecule has 0 aromatic heterocycles. The fourth-order valence-electron chi connectivity index (χ4n) is 7.37. The van der Waals surface area contributed by atoms with Gasteiger partial charge in [0.2, 0.25) is 41.4 Å². The van der Waals surface area contributed by atoms with E-state index in [0.717, 1.165) is 25.1 Å². The number of fused-ring (bicyclic) bond motifs is 2. The van der Waals surface area contributed by atoms with Crippen LogP contribution in [0.15, 0.2) is 18.2 Å². The summed E-state index contributed by atoms with van der Waals surface area (Å²) in [4.78, 5) is 96.6. The van der Waals surface area contributed by atoms with Crippen molar-refractivity contribution < 1.29 is 97.9 Å². The zero-order valence-electron chi connectivity index (χ0n) is 33.9. The second kappa shape index (κ2) is 22.1. The molecule has 1 aromatic carbocycles. The first-order valence-electron chi connectivity index (χ1n) is 19.3. The van der Waals surface area contributed by atoms with Gasteiger partial charge in [-0.25, -0.2) is 4.21 Å². The highest BCUT2D eigenvalue weighted by atomic mass is 32.2. The third-order valence-electron chi connectivity index (χ3n) is 10.8. The predicted octanol–water partition coefficient (Wildman–Crippen LogP) is -9.39. The topological polar surface area (TPSA) is 486 Å². The van der Waals surface area contributed by atoms with Gasteiger partial charge in [0.05, 0.1) is 36.9 Å². The van der Waals surface area contributed by atoms with Crippen molar-refractivity contribution in [3.05, 3.63) is 23.8 Å². The number of hydrogen-bond acceptors (Lipinski definition) is 20. The van der Waals surface area contributed by atoms with E-state index in [1.54, 1.807) is 0 Å². The van der Waals surface area contributed by atoms with E-state index in [0.29, 0.717) is 9.80 Å². The van der Waals surface area contributed by atoms with Crippen LogP contribution in [0.3, 0.4) is 0 Å². The zero-order chi connectivity index (χ0) is 47.4. The molecule has 7 amide bonds. The maximum atomic E-state index is 14.3. The molecule has 3 aliphatic heterocycles. The molecule has 3 saturated heterocycles. The molecule has 360 valence electrons. The van der Waals surface area contributed by atoms with E-state index in [2.05, 4.69) is 14.8 Å². The van der Waals surface area contributed by atoms with E-state index < -0.39 is 193 Å². The second-order valence-electron chi connectivity index (χ2n) is 15.5. The van der Waals surface area contributed by atoms with E-state index >= 15 is 0 Å². The Morgan fingerprint density at radius 2 is 1.47 bits per heavy atom. The number of nitrogens with two attached hydrogens (primary N) is 2.